The standard InChI is InChI=1S/C18H27N3O3/c1-15-13-16(5-6-17(15)21(22)23)19-14-18(7-11-24-12-8-18)20-9-3-2-4-10-20/h5-6,13,19H,2-4,7-12,14H2,1H3. The first-order chi connectivity index (χ1) is 11.6. The number of benzene rings is 1. The van der Waals surface area contributed by atoms with Crippen molar-refractivity contribution in [2.24, 2.45) is 0 Å². The minimum Gasteiger partial charge on any atom is -0.383 e. The van der Waals surface area contributed by atoms with E-state index >= 15 is 0 Å². The van der Waals surface area contributed by atoms with Gasteiger partial charge in [-0.25, -0.2) is 0 Å². The zero-order chi connectivity index (χ0) is 17.0. The summed E-state index contributed by atoms with van der Waals surface area (Å²) in [5.41, 5.74) is 1.98. The van der Waals surface area contributed by atoms with E-state index in [2.05, 4.69) is 10.2 Å². The van der Waals surface area contributed by atoms with Gasteiger partial charge in [0, 0.05) is 42.6 Å². The van der Waals surface area contributed by atoms with Crippen molar-refractivity contribution in [3.05, 3.63) is 33.9 Å². The van der Waals surface area contributed by atoms with Crippen LogP contribution in [0.4, 0.5) is 11.4 Å². The molecule has 2 heterocycles. The van der Waals surface area contributed by atoms with Crippen molar-refractivity contribution < 1.29 is 9.66 Å². The van der Waals surface area contributed by atoms with E-state index in [0.717, 1.165) is 38.3 Å². The number of nitro groups is 1. The van der Waals surface area contributed by atoms with Crippen molar-refractivity contribution in [2.75, 3.05) is 38.2 Å². The van der Waals surface area contributed by atoms with Gasteiger partial charge in [0.05, 0.1) is 4.92 Å². The summed E-state index contributed by atoms with van der Waals surface area (Å²) in [6.45, 7) is 6.63. The Kier molecular flexibility index (Phi) is 5.36. The number of rotatable bonds is 5. The van der Waals surface area contributed by atoms with Gasteiger partial charge >= 0.3 is 0 Å². The molecule has 2 saturated heterocycles. The smallest absolute Gasteiger partial charge is 0.272 e. The van der Waals surface area contributed by atoms with E-state index in [9.17, 15) is 10.1 Å². The van der Waals surface area contributed by atoms with Crippen molar-refractivity contribution in [2.45, 2.75) is 44.6 Å². The molecule has 2 aliphatic heterocycles. The molecule has 1 N–H and O–H groups in total. The summed E-state index contributed by atoms with van der Waals surface area (Å²) in [5.74, 6) is 0. The summed E-state index contributed by atoms with van der Waals surface area (Å²) in [5, 5.41) is 14.5. The van der Waals surface area contributed by atoms with Crippen LogP contribution in [0.25, 0.3) is 0 Å². The summed E-state index contributed by atoms with van der Waals surface area (Å²) < 4.78 is 5.60. The first-order valence-corrected chi connectivity index (χ1v) is 8.92. The first-order valence-electron chi connectivity index (χ1n) is 8.92. The molecule has 6 nitrogen and oxygen atoms in total. The lowest BCUT2D eigenvalue weighted by atomic mass is 9.86. The second kappa shape index (κ2) is 7.49. The second-order valence-electron chi connectivity index (χ2n) is 7.00. The summed E-state index contributed by atoms with van der Waals surface area (Å²) >= 11 is 0. The average Bonchev–Trinajstić information content (AvgIpc) is 2.61. The Bertz CT molecular complexity index is 579. The Morgan fingerprint density at radius 3 is 2.58 bits per heavy atom. The molecule has 6 heteroatoms. The van der Waals surface area contributed by atoms with E-state index in [1.807, 2.05) is 12.1 Å². The number of aryl methyl sites for hydroxylation is 1. The largest absolute Gasteiger partial charge is 0.383 e. The maximum Gasteiger partial charge on any atom is 0.272 e. The fourth-order valence-electron chi connectivity index (χ4n) is 3.96. The molecular weight excluding hydrogens is 306 g/mol. The molecule has 1 aromatic carbocycles. The van der Waals surface area contributed by atoms with Gasteiger partial charge in [0.1, 0.15) is 0 Å². The van der Waals surface area contributed by atoms with Crippen LogP contribution in [0, 0.1) is 17.0 Å². The topological polar surface area (TPSA) is 67.6 Å². The van der Waals surface area contributed by atoms with Crippen LogP contribution < -0.4 is 5.32 Å². The van der Waals surface area contributed by atoms with Crippen LogP contribution in [-0.2, 0) is 4.74 Å². The molecule has 2 aliphatic rings. The SMILES string of the molecule is Cc1cc(NCC2(N3CCCCC3)CCOCC2)ccc1[N+](=O)[O-]. The van der Waals surface area contributed by atoms with Gasteiger partial charge in [-0.1, -0.05) is 6.42 Å². The Labute approximate surface area is 143 Å². The first kappa shape index (κ1) is 17.2. The minimum absolute atomic E-state index is 0.147. The van der Waals surface area contributed by atoms with Gasteiger partial charge in [0.15, 0.2) is 0 Å². The molecule has 0 bridgehead atoms. The van der Waals surface area contributed by atoms with Crippen LogP contribution in [0.2, 0.25) is 0 Å². The third kappa shape index (κ3) is 3.70. The Morgan fingerprint density at radius 1 is 1.25 bits per heavy atom. The number of hydrogen-bond acceptors (Lipinski definition) is 5. The minimum atomic E-state index is -0.327. The molecule has 0 radical (unpaired) electrons. The fraction of sp³-hybridized carbons (Fsp3) is 0.667. The van der Waals surface area contributed by atoms with Crippen LogP contribution in [0.15, 0.2) is 18.2 Å². The van der Waals surface area contributed by atoms with Crippen molar-refractivity contribution >= 4 is 11.4 Å². The van der Waals surface area contributed by atoms with Crippen LogP contribution in [0.3, 0.4) is 0 Å². The highest BCUT2D eigenvalue weighted by atomic mass is 16.6. The van der Waals surface area contributed by atoms with Crippen LogP contribution in [0.5, 0.6) is 0 Å². The summed E-state index contributed by atoms with van der Waals surface area (Å²) in [7, 11) is 0. The predicted octanol–water partition coefficient (Wildman–Crippen LogP) is 3.35. The van der Waals surface area contributed by atoms with Gasteiger partial charge in [-0.3, -0.25) is 15.0 Å². The molecule has 24 heavy (non-hydrogen) atoms. The number of nitrogens with one attached hydrogen (secondary N) is 1. The molecule has 2 fully saturated rings. The molecule has 0 aromatic heterocycles. The number of piperidine rings is 1. The van der Waals surface area contributed by atoms with Gasteiger partial charge in [0.2, 0.25) is 0 Å². The van der Waals surface area contributed by atoms with E-state index in [0.29, 0.717) is 5.56 Å². The Hall–Kier alpha value is -1.66. The van der Waals surface area contributed by atoms with Crippen LogP contribution in [-0.4, -0.2) is 48.2 Å². The molecule has 0 spiro atoms. The Balaban J connectivity index is 1.71. The molecular formula is C18H27N3O3. The highest BCUT2D eigenvalue weighted by Gasteiger charge is 2.38. The van der Waals surface area contributed by atoms with Gasteiger partial charge < -0.3 is 10.1 Å². The summed E-state index contributed by atoms with van der Waals surface area (Å²) in [6.07, 6.45) is 5.98. The molecule has 132 valence electrons. The van der Waals surface area contributed by atoms with E-state index in [-0.39, 0.29) is 16.1 Å². The van der Waals surface area contributed by atoms with Crippen LogP contribution >= 0.6 is 0 Å². The monoisotopic (exact) mass is 333 g/mol. The average molecular weight is 333 g/mol. The van der Waals surface area contributed by atoms with E-state index in [4.69, 9.17) is 4.74 Å². The van der Waals surface area contributed by atoms with Crippen molar-refractivity contribution in [3.8, 4) is 0 Å². The van der Waals surface area contributed by atoms with Crippen LogP contribution in [0.1, 0.15) is 37.7 Å². The van der Waals surface area contributed by atoms with Crippen molar-refractivity contribution in [3.63, 3.8) is 0 Å². The maximum absolute atomic E-state index is 11.0. The number of nitrogens with zero attached hydrogens (tertiary/aromatic N) is 2. The zero-order valence-corrected chi connectivity index (χ0v) is 14.4. The van der Waals surface area contributed by atoms with Gasteiger partial charge in [-0.2, -0.15) is 0 Å². The molecule has 0 saturated carbocycles. The zero-order valence-electron chi connectivity index (χ0n) is 14.4. The van der Waals surface area contributed by atoms with Crippen molar-refractivity contribution in [1.82, 2.24) is 4.90 Å². The molecule has 0 atom stereocenters. The molecule has 3 rings (SSSR count). The molecule has 0 aliphatic carbocycles. The lowest BCUT2D eigenvalue weighted by Crippen LogP contribution is -2.57. The number of likely N-dealkylation sites (tertiary alicyclic amines) is 1. The number of hydrogen-bond donors (Lipinski definition) is 1. The number of anilines is 1. The summed E-state index contributed by atoms with van der Waals surface area (Å²) in [6, 6.07) is 5.28. The van der Waals surface area contributed by atoms with Gasteiger partial charge in [-0.15, -0.1) is 0 Å². The van der Waals surface area contributed by atoms with Gasteiger partial charge in [0.25, 0.3) is 5.69 Å². The number of ether oxygens (including phenoxy) is 1. The normalized spacial score (nSPS) is 21.4. The quantitative estimate of drug-likeness (QED) is 0.661. The molecule has 0 amide bonds. The van der Waals surface area contributed by atoms with E-state index in [1.165, 1.54) is 32.4 Å². The maximum atomic E-state index is 11.0. The lowest BCUT2D eigenvalue weighted by Gasteiger charge is -2.48. The van der Waals surface area contributed by atoms with Gasteiger partial charge in [-0.05, 0) is 57.8 Å². The predicted molar refractivity (Wildman–Crippen MR) is 94.5 cm³/mol. The van der Waals surface area contributed by atoms with E-state index in [1.54, 1.807) is 13.0 Å². The lowest BCUT2D eigenvalue weighted by molar-refractivity contribution is -0.385. The second-order valence-corrected chi connectivity index (χ2v) is 7.00. The molecule has 1 aromatic rings. The highest BCUT2D eigenvalue weighted by molar-refractivity contribution is 5.53. The third-order valence-corrected chi connectivity index (χ3v) is 5.47. The Morgan fingerprint density at radius 2 is 1.96 bits per heavy atom. The molecule has 0 unspecified atom stereocenters. The number of nitro benzene ring substituents is 1. The van der Waals surface area contributed by atoms with Crippen molar-refractivity contribution in [1.29, 1.82) is 0 Å². The highest BCUT2D eigenvalue weighted by Crippen LogP contribution is 2.31. The van der Waals surface area contributed by atoms with E-state index < -0.39 is 0 Å². The fourth-order valence-corrected chi connectivity index (χ4v) is 3.96. The third-order valence-electron chi connectivity index (χ3n) is 5.47. The summed E-state index contributed by atoms with van der Waals surface area (Å²) in [4.78, 5) is 13.3.